The highest BCUT2D eigenvalue weighted by atomic mass is 35.5. The Hall–Kier alpha value is -1.46. The minimum atomic E-state index is 0.537. The quantitative estimate of drug-likeness (QED) is 0.616. The van der Waals surface area contributed by atoms with Crippen LogP contribution in [0.25, 0.3) is 0 Å². The van der Waals surface area contributed by atoms with Crippen molar-refractivity contribution in [3.05, 3.63) is 29.3 Å². The Morgan fingerprint density at radius 3 is 2.70 bits per heavy atom. The predicted molar refractivity (Wildman–Crippen MR) is 99.4 cm³/mol. The molecule has 3 N–H and O–H groups in total. The zero-order valence-corrected chi connectivity index (χ0v) is 14.9. The van der Waals surface area contributed by atoms with Crippen LogP contribution in [0.2, 0.25) is 5.02 Å². The largest absolute Gasteiger partial charge is 0.370 e. The van der Waals surface area contributed by atoms with Crippen LogP contribution in [0, 0.1) is 5.92 Å². The van der Waals surface area contributed by atoms with Gasteiger partial charge in [-0.1, -0.05) is 31.5 Å². The van der Waals surface area contributed by atoms with Crippen LogP contribution in [0.15, 0.2) is 29.3 Å². The summed E-state index contributed by atoms with van der Waals surface area (Å²) in [6, 6.07) is 8.07. The highest BCUT2D eigenvalue weighted by Gasteiger charge is 2.16. The summed E-state index contributed by atoms with van der Waals surface area (Å²) in [6.45, 7) is 11.0. The van der Waals surface area contributed by atoms with E-state index >= 15 is 0 Å². The number of anilines is 1. The van der Waals surface area contributed by atoms with E-state index in [1.807, 2.05) is 18.2 Å². The van der Waals surface area contributed by atoms with Gasteiger partial charge in [-0.15, -0.1) is 0 Å². The molecule has 23 heavy (non-hydrogen) atoms. The summed E-state index contributed by atoms with van der Waals surface area (Å²) in [5, 5.41) is 3.99. The first-order chi connectivity index (χ1) is 11.0. The van der Waals surface area contributed by atoms with E-state index in [0.717, 1.165) is 50.8 Å². The number of hydrogen-bond acceptors (Lipinski definition) is 3. The molecule has 1 fully saturated rings. The predicted octanol–water partition coefficient (Wildman–Crippen LogP) is 2.02. The molecule has 0 spiro atoms. The maximum Gasteiger partial charge on any atom is 0.188 e. The van der Waals surface area contributed by atoms with Crippen LogP contribution in [0.3, 0.4) is 0 Å². The summed E-state index contributed by atoms with van der Waals surface area (Å²) < 4.78 is 0. The third-order valence-corrected chi connectivity index (χ3v) is 4.14. The average molecular weight is 338 g/mol. The topological polar surface area (TPSA) is 56.9 Å². The smallest absolute Gasteiger partial charge is 0.188 e. The van der Waals surface area contributed by atoms with Gasteiger partial charge in [0.2, 0.25) is 0 Å². The second kappa shape index (κ2) is 8.99. The molecule has 6 heteroatoms. The Morgan fingerprint density at radius 2 is 2.04 bits per heavy atom. The van der Waals surface area contributed by atoms with Gasteiger partial charge >= 0.3 is 0 Å². The summed E-state index contributed by atoms with van der Waals surface area (Å²) in [7, 11) is 0. The Labute approximate surface area is 144 Å². The molecule has 128 valence electrons. The zero-order valence-electron chi connectivity index (χ0n) is 14.1. The van der Waals surface area contributed by atoms with Crippen LogP contribution in [0.5, 0.6) is 0 Å². The van der Waals surface area contributed by atoms with Gasteiger partial charge in [-0.25, -0.2) is 0 Å². The molecule has 1 aromatic rings. The highest BCUT2D eigenvalue weighted by molar-refractivity contribution is 6.30. The van der Waals surface area contributed by atoms with Crippen LogP contribution in [0.4, 0.5) is 5.69 Å². The number of benzene rings is 1. The molecule has 1 aliphatic heterocycles. The van der Waals surface area contributed by atoms with Crippen LogP contribution in [-0.4, -0.2) is 56.7 Å². The monoisotopic (exact) mass is 337 g/mol. The van der Waals surface area contributed by atoms with Gasteiger partial charge in [-0.2, -0.15) is 0 Å². The Bertz CT molecular complexity index is 509. The molecule has 0 aromatic heterocycles. The average Bonchev–Trinajstić information content (AvgIpc) is 2.53. The molecular weight excluding hydrogens is 310 g/mol. The van der Waals surface area contributed by atoms with Crippen LogP contribution < -0.4 is 16.0 Å². The van der Waals surface area contributed by atoms with Crippen LogP contribution in [-0.2, 0) is 0 Å². The molecule has 0 bridgehead atoms. The molecular formula is C17H28ClN5. The van der Waals surface area contributed by atoms with Crippen molar-refractivity contribution in [3.8, 4) is 0 Å². The Balaban J connectivity index is 1.68. The fraction of sp³-hybridized carbons (Fsp3) is 0.588. The first-order valence-corrected chi connectivity index (χ1v) is 8.69. The maximum atomic E-state index is 6.07. The molecule has 0 amide bonds. The molecule has 5 nitrogen and oxygen atoms in total. The van der Waals surface area contributed by atoms with Gasteiger partial charge in [0.25, 0.3) is 0 Å². The van der Waals surface area contributed by atoms with Gasteiger partial charge < -0.3 is 16.0 Å². The van der Waals surface area contributed by atoms with Crippen molar-refractivity contribution < 1.29 is 0 Å². The van der Waals surface area contributed by atoms with Gasteiger partial charge in [-0.3, -0.25) is 9.89 Å². The van der Waals surface area contributed by atoms with E-state index in [1.54, 1.807) is 0 Å². The number of guanidine groups is 1. The van der Waals surface area contributed by atoms with Crippen LogP contribution >= 0.6 is 11.6 Å². The normalized spacial score (nSPS) is 16.9. The molecule has 0 unspecified atom stereocenters. The lowest BCUT2D eigenvalue weighted by Gasteiger charge is -2.36. The van der Waals surface area contributed by atoms with E-state index in [-0.39, 0.29) is 0 Å². The molecule has 0 radical (unpaired) electrons. The number of hydrogen-bond donors (Lipinski definition) is 2. The van der Waals surface area contributed by atoms with Gasteiger partial charge in [-0.05, 0) is 24.1 Å². The van der Waals surface area contributed by atoms with Crippen molar-refractivity contribution in [1.29, 1.82) is 0 Å². The zero-order chi connectivity index (χ0) is 16.7. The number of nitrogens with zero attached hydrogens (tertiary/aromatic N) is 3. The molecule has 0 atom stereocenters. The van der Waals surface area contributed by atoms with Gasteiger partial charge in [0.05, 0.1) is 0 Å². The van der Waals surface area contributed by atoms with Crippen molar-refractivity contribution in [2.24, 2.45) is 16.6 Å². The van der Waals surface area contributed by atoms with Gasteiger partial charge in [0, 0.05) is 56.5 Å². The van der Waals surface area contributed by atoms with Crippen molar-refractivity contribution in [2.75, 3.05) is 50.7 Å². The lowest BCUT2D eigenvalue weighted by Crippen LogP contribution is -2.49. The van der Waals surface area contributed by atoms with Crippen molar-refractivity contribution in [3.63, 3.8) is 0 Å². The summed E-state index contributed by atoms with van der Waals surface area (Å²) >= 11 is 6.07. The molecule has 0 aliphatic carbocycles. The number of aliphatic imine (C=N–C) groups is 1. The lowest BCUT2D eigenvalue weighted by atomic mass is 10.2. The minimum absolute atomic E-state index is 0.537. The lowest BCUT2D eigenvalue weighted by molar-refractivity contribution is 0.261. The second-order valence-corrected chi connectivity index (χ2v) is 6.79. The Kier molecular flexibility index (Phi) is 6.99. The van der Waals surface area contributed by atoms with E-state index in [2.05, 4.69) is 40.0 Å². The highest BCUT2D eigenvalue weighted by Crippen LogP contribution is 2.20. The molecule has 2 rings (SSSR count). The molecule has 1 aromatic carbocycles. The first-order valence-electron chi connectivity index (χ1n) is 8.31. The van der Waals surface area contributed by atoms with E-state index in [1.165, 1.54) is 5.69 Å². The van der Waals surface area contributed by atoms with Crippen molar-refractivity contribution in [1.82, 2.24) is 10.2 Å². The van der Waals surface area contributed by atoms with E-state index in [0.29, 0.717) is 11.9 Å². The van der Waals surface area contributed by atoms with Crippen molar-refractivity contribution in [2.45, 2.75) is 13.8 Å². The molecule has 1 aliphatic rings. The number of halogens is 1. The van der Waals surface area contributed by atoms with Crippen molar-refractivity contribution >= 4 is 23.2 Å². The molecule has 1 heterocycles. The van der Waals surface area contributed by atoms with E-state index in [4.69, 9.17) is 17.3 Å². The molecule has 0 saturated carbocycles. The number of piperazine rings is 1. The summed E-state index contributed by atoms with van der Waals surface area (Å²) in [4.78, 5) is 9.14. The third-order valence-electron chi connectivity index (χ3n) is 3.91. The van der Waals surface area contributed by atoms with Gasteiger partial charge in [0.1, 0.15) is 0 Å². The standard InChI is InChI=1S/C17H28ClN5/c1-14(2)13-21-17(19)20-6-7-22-8-10-23(11-9-22)16-5-3-4-15(18)12-16/h3-5,12,14H,6-11,13H2,1-2H3,(H3,19,20,21). The number of rotatable bonds is 6. The fourth-order valence-electron chi connectivity index (χ4n) is 2.58. The molecule has 1 saturated heterocycles. The first kappa shape index (κ1) is 17.9. The SMILES string of the molecule is CC(C)CN=C(N)NCCN1CCN(c2cccc(Cl)c2)CC1. The third kappa shape index (κ3) is 6.28. The number of nitrogens with one attached hydrogen (secondary N) is 1. The van der Waals surface area contributed by atoms with E-state index in [9.17, 15) is 0 Å². The van der Waals surface area contributed by atoms with Crippen LogP contribution in [0.1, 0.15) is 13.8 Å². The second-order valence-electron chi connectivity index (χ2n) is 6.36. The summed E-state index contributed by atoms with van der Waals surface area (Å²) in [6.07, 6.45) is 0. The maximum absolute atomic E-state index is 6.07. The van der Waals surface area contributed by atoms with Gasteiger partial charge in [0.15, 0.2) is 5.96 Å². The Morgan fingerprint density at radius 1 is 1.30 bits per heavy atom. The number of nitrogens with two attached hydrogens (primary N) is 1. The fourth-order valence-corrected chi connectivity index (χ4v) is 2.77. The summed E-state index contributed by atoms with van der Waals surface area (Å²) in [5.41, 5.74) is 7.06. The minimum Gasteiger partial charge on any atom is -0.370 e. The summed E-state index contributed by atoms with van der Waals surface area (Å²) in [5.74, 6) is 1.09. The van der Waals surface area contributed by atoms with E-state index < -0.39 is 0 Å².